The molecule has 0 saturated carbocycles. The van der Waals surface area contributed by atoms with Crippen LogP contribution in [0.4, 0.5) is 5.69 Å². The maximum atomic E-state index is 11.7. The number of aromatic amines is 1. The van der Waals surface area contributed by atoms with Crippen molar-refractivity contribution in [3.05, 3.63) is 41.5 Å². The number of carbonyl (C=O) groups is 2. The maximum absolute atomic E-state index is 11.7. The molecule has 0 fully saturated rings. The van der Waals surface area contributed by atoms with Crippen LogP contribution >= 0.6 is 0 Å². The van der Waals surface area contributed by atoms with Crippen molar-refractivity contribution in [3.63, 3.8) is 0 Å². The fourth-order valence-electron chi connectivity index (χ4n) is 1.39. The van der Waals surface area contributed by atoms with Crippen LogP contribution in [-0.4, -0.2) is 32.2 Å². The highest BCUT2D eigenvalue weighted by molar-refractivity contribution is 6.02. The van der Waals surface area contributed by atoms with E-state index in [0.717, 1.165) is 5.56 Å². The number of anilines is 1. The Kier molecular flexibility index (Phi) is 3.05. The summed E-state index contributed by atoms with van der Waals surface area (Å²) in [6.07, 6.45) is 1.22. The molecule has 0 spiro atoms. The number of hydrogen-bond acceptors (Lipinski definition) is 4. The standard InChI is InChI=1S/C11H10N4O3/c1-6-2-3-7(11(17)18)4-8(6)14-10(16)9-12-5-13-15-9/h2-5H,1H3,(H,14,16)(H,17,18)(H,12,13,15). The highest BCUT2D eigenvalue weighted by Crippen LogP contribution is 2.17. The Morgan fingerprint density at radius 3 is 2.78 bits per heavy atom. The Morgan fingerprint density at radius 2 is 2.17 bits per heavy atom. The second-order valence-corrected chi connectivity index (χ2v) is 3.62. The molecule has 7 heteroatoms. The third-order valence-corrected chi connectivity index (χ3v) is 2.36. The summed E-state index contributed by atoms with van der Waals surface area (Å²) in [6, 6.07) is 4.49. The van der Waals surface area contributed by atoms with Gasteiger partial charge in [0.15, 0.2) is 0 Å². The third kappa shape index (κ3) is 2.34. The van der Waals surface area contributed by atoms with Crippen molar-refractivity contribution in [2.45, 2.75) is 6.92 Å². The lowest BCUT2D eigenvalue weighted by molar-refractivity contribution is 0.0696. The van der Waals surface area contributed by atoms with Gasteiger partial charge < -0.3 is 10.4 Å². The van der Waals surface area contributed by atoms with E-state index in [9.17, 15) is 9.59 Å². The lowest BCUT2D eigenvalue weighted by Gasteiger charge is -2.07. The highest BCUT2D eigenvalue weighted by atomic mass is 16.4. The van der Waals surface area contributed by atoms with Gasteiger partial charge in [0.1, 0.15) is 6.33 Å². The molecule has 0 aliphatic carbocycles. The molecule has 0 aliphatic rings. The summed E-state index contributed by atoms with van der Waals surface area (Å²) < 4.78 is 0. The summed E-state index contributed by atoms with van der Waals surface area (Å²) in [6.45, 7) is 1.77. The maximum Gasteiger partial charge on any atom is 0.335 e. The Bertz CT molecular complexity index is 592. The van der Waals surface area contributed by atoms with E-state index < -0.39 is 11.9 Å². The first-order chi connectivity index (χ1) is 8.58. The van der Waals surface area contributed by atoms with Crippen molar-refractivity contribution >= 4 is 17.6 Å². The number of amides is 1. The van der Waals surface area contributed by atoms with Crippen LogP contribution in [0.1, 0.15) is 26.5 Å². The Balaban J connectivity index is 2.26. The highest BCUT2D eigenvalue weighted by Gasteiger charge is 2.12. The number of aromatic nitrogens is 3. The molecule has 2 aromatic rings. The summed E-state index contributed by atoms with van der Waals surface area (Å²) in [5.74, 6) is -1.46. The molecule has 3 N–H and O–H groups in total. The number of carboxylic acids is 1. The topological polar surface area (TPSA) is 108 Å². The average molecular weight is 246 g/mol. The molecule has 0 unspecified atom stereocenters. The second kappa shape index (κ2) is 4.66. The van der Waals surface area contributed by atoms with Gasteiger partial charge in [-0.3, -0.25) is 9.89 Å². The van der Waals surface area contributed by atoms with Crippen molar-refractivity contribution in [3.8, 4) is 0 Å². The molecule has 1 aromatic carbocycles. The fraction of sp³-hybridized carbons (Fsp3) is 0.0909. The lowest BCUT2D eigenvalue weighted by atomic mass is 10.1. The van der Waals surface area contributed by atoms with E-state index in [-0.39, 0.29) is 11.4 Å². The van der Waals surface area contributed by atoms with E-state index in [1.807, 2.05) is 0 Å². The van der Waals surface area contributed by atoms with Crippen LogP contribution in [0, 0.1) is 6.92 Å². The molecule has 2 rings (SSSR count). The molecule has 7 nitrogen and oxygen atoms in total. The van der Waals surface area contributed by atoms with Gasteiger partial charge in [0.05, 0.1) is 5.56 Å². The molecule has 1 aromatic heterocycles. The lowest BCUT2D eigenvalue weighted by Crippen LogP contribution is -2.15. The molecule has 0 atom stereocenters. The predicted octanol–water partition coefficient (Wildman–Crippen LogP) is 1.06. The molecular weight excluding hydrogens is 236 g/mol. The fourth-order valence-corrected chi connectivity index (χ4v) is 1.39. The van der Waals surface area contributed by atoms with Gasteiger partial charge in [0.25, 0.3) is 5.91 Å². The zero-order valence-electron chi connectivity index (χ0n) is 9.47. The largest absolute Gasteiger partial charge is 0.478 e. The number of benzene rings is 1. The van der Waals surface area contributed by atoms with Gasteiger partial charge in [0.2, 0.25) is 5.82 Å². The minimum Gasteiger partial charge on any atom is -0.478 e. The number of hydrogen-bond donors (Lipinski definition) is 3. The van der Waals surface area contributed by atoms with Gasteiger partial charge in [-0.15, -0.1) is 0 Å². The molecule has 0 aliphatic heterocycles. The van der Waals surface area contributed by atoms with Crippen molar-refractivity contribution in [1.82, 2.24) is 15.2 Å². The zero-order valence-corrected chi connectivity index (χ0v) is 9.47. The summed E-state index contributed by atoms with van der Waals surface area (Å²) in [5.41, 5.74) is 1.29. The molecule has 0 radical (unpaired) electrons. The molecule has 0 bridgehead atoms. The van der Waals surface area contributed by atoms with Crippen LogP contribution < -0.4 is 5.32 Å². The van der Waals surface area contributed by atoms with Gasteiger partial charge in [-0.2, -0.15) is 5.10 Å². The number of rotatable bonds is 3. The van der Waals surface area contributed by atoms with Crippen LogP contribution in [0.15, 0.2) is 24.5 Å². The minimum absolute atomic E-state index is 0.0649. The van der Waals surface area contributed by atoms with Crippen molar-refractivity contribution in [2.24, 2.45) is 0 Å². The number of carboxylic acid groups (broad SMARTS) is 1. The molecule has 1 heterocycles. The van der Waals surface area contributed by atoms with E-state index in [1.54, 1.807) is 13.0 Å². The Hall–Kier alpha value is -2.70. The Morgan fingerprint density at radius 1 is 1.39 bits per heavy atom. The summed E-state index contributed by atoms with van der Waals surface area (Å²) in [5, 5.41) is 17.4. The number of nitrogens with zero attached hydrogens (tertiary/aromatic N) is 2. The van der Waals surface area contributed by atoms with Crippen LogP contribution in [0.2, 0.25) is 0 Å². The van der Waals surface area contributed by atoms with Crippen LogP contribution in [0.5, 0.6) is 0 Å². The first-order valence-corrected chi connectivity index (χ1v) is 5.08. The third-order valence-electron chi connectivity index (χ3n) is 2.36. The monoisotopic (exact) mass is 246 g/mol. The number of carbonyl (C=O) groups excluding carboxylic acids is 1. The summed E-state index contributed by atoms with van der Waals surface area (Å²) in [4.78, 5) is 26.3. The second-order valence-electron chi connectivity index (χ2n) is 3.62. The van der Waals surface area contributed by atoms with E-state index in [2.05, 4.69) is 20.5 Å². The number of H-pyrrole nitrogens is 1. The molecule has 0 saturated heterocycles. The Labute approximate surface area is 102 Å². The van der Waals surface area contributed by atoms with Gasteiger partial charge >= 0.3 is 5.97 Å². The smallest absolute Gasteiger partial charge is 0.335 e. The van der Waals surface area contributed by atoms with Crippen LogP contribution in [0.3, 0.4) is 0 Å². The van der Waals surface area contributed by atoms with Crippen LogP contribution in [0.25, 0.3) is 0 Å². The van der Waals surface area contributed by atoms with Gasteiger partial charge in [-0.1, -0.05) is 6.07 Å². The van der Waals surface area contributed by atoms with Crippen molar-refractivity contribution in [1.29, 1.82) is 0 Å². The number of aryl methyl sites for hydroxylation is 1. The van der Waals surface area contributed by atoms with Gasteiger partial charge in [-0.05, 0) is 24.6 Å². The van der Waals surface area contributed by atoms with E-state index in [1.165, 1.54) is 18.5 Å². The summed E-state index contributed by atoms with van der Waals surface area (Å²) >= 11 is 0. The van der Waals surface area contributed by atoms with E-state index >= 15 is 0 Å². The quantitative estimate of drug-likeness (QED) is 0.750. The van der Waals surface area contributed by atoms with E-state index in [4.69, 9.17) is 5.11 Å². The zero-order chi connectivity index (χ0) is 13.1. The normalized spacial score (nSPS) is 10.1. The average Bonchev–Trinajstić information content (AvgIpc) is 2.85. The van der Waals surface area contributed by atoms with Crippen molar-refractivity contribution < 1.29 is 14.7 Å². The predicted molar refractivity (Wildman–Crippen MR) is 62.5 cm³/mol. The van der Waals surface area contributed by atoms with E-state index in [0.29, 0.717) is 5.69 Å². The van der Waals surface area contributed by atoms with Gasteiger partial charge in [-0.25, -0.2) is 9.78 Å². The first kappa shape index (κ1) is 11.8. The summed E-state index contributed by atoms with van der Waals surface area (Å²) in [7, 11) is 0. The van der Waals surface area contributed by atoms with Crippen molar-refractivity contribution in [2.75, 3.05) is 5.32 Å². The van der Waals surface area contributed by atoms with Crippen LogP contribution in [-0.2, 0) is 0 Å². The molecule has 92 valence electrons. The molecule has 18 heavy (non-hydrogen) atoms. The minimum atomic E-state index is -1.05. The SMILES string of the molecule is Cc1ccc(C(=O)O)cc1NC(=O)c1ncn[nH]1. The number of nitrogens with one attached hydrogen (secondary N) is 2. The first-order valence-electron chi connectivity index (χ1n) is 5.08. The molecule has 1 amide bonds. The van der Waals surface area contributed by atoms with Gasteiger partial charge in [0, 0.05) is 5.69 Å². The number of aromatic carboxylic acids is 1. The molecular formula is C11H10N4O3.